The largest absolute Gasteiger partial charge is 0.350 e. The van der Waals surface area contributed by atoms with Crippen LogP contribution in [0.1, 0.15) is 26.3 Å². The molecule has 0 saturated heterocycles. The summed E-state index contributed by atoms with van der Waals surface area (Å²) in [5.41, 5.74) is 2.24. The summed E-state index contributed by atoms with van der Waals surface area (Å²) in [6, 6.07) is 14.5. The highest BCUT2D eigenvalue weighted by Crippen LogP contribution is 2.11. The Morgan fingerprint density at radius 1 is 0.909 bits per heavy atom. The summed E-state index contributed by atoms with van der Waals surface area (Å²) >= 11 is 3.33. The van der Waals surface area contributed by atoms with Crippen molar-refractivity contribution in [1.29, 1.82) is 0 Å². The Morgan fingerprint density at radius 2 is 1.45 bits per heavy atom. The van der Waals surface area contributed by atoms with E-state index in [4.69, 9.17) is 0 Å². The lowest BCUT2D eigenvalue weighted by atomic mass is 10.1. The van der Waals surface area contributed by atoms with E-state index in [1.54, 1.807) is 24.3 Å². The van der Waals surface area contributed by atoms with E-state index >= 15 is 0 Å². The minimum atomic E-state index is -0.161. The fourth-order valence-corrected chi connectivity index (χ4v) is 2.37. The number of hydrogen-bond donors (Lipinski definition) is 2. The van der Waals surface area contributed by atoms with Crippen LogP contribution in [0.4, 0.5) is 0 Å². The molecule has 0 heterocycles. The van der Waals surface area contributed by atoms with E-state index in [0.717, 1.165) is 10.0 Å². The number of halogens is 1. The van der Waals surface area contributed by atoms with E-state index in [2.05, 4.69) is 26.6 Å². The zero-order valence-electron chi connectivity index (χ0n) is 12.2. The summed E-state index contributed by atoms with van der Waals surface area (Å²) < 4.78 is 0.855. The molecule has 2 aromatic rings. The van der Waals surface area contributed by atoms with Crippen molar-refractivity contribution < 1.29 is 9.59 Å². The van der Waals surface area contributed by atoms with Gasteiger partial charge in [0.25, 0.3) is 11.8 Å². The third-order valence-electron chi connectivity index (χ3n) is 3.06. The molecule has 0 atom stereocenters. The lowest BCUT2D eigenvalue weighted by Gasteiger charge is -2.08. The molecular weight excluding hydrogens is 344 g/mol. The number of carbonyl (C=O) groups excluding carboxylic acids is 2. The van der Waals surface area contributed by atoms with Gasteiger partial charge in [-0.1, -0.05) is 39.7 Å². The van der Waals surface area contributed by atoms with Gasteiger partial charge in [-0.3, -0.25) is 9.59 Å². The maximum absolute atomic E-state index is 11.9. The molecule has 22 heavy (non-hydrogen) atoms. The summed E-state index contributed by atoms with van der Waals surface area (Å²) in [4.78, 5) is 23.8. The molecule has 0 aliphatic carbocycles. The first-order valence-electron chi connectivity index (χ1n) is 6.95. The van der Waals surface area contributed by atoms with Gasteiger partial charge in [0.15, 0.2) is 0 Å². The molecule has 5 heteroatoms. The topological polar surface area (TPSA) is 58.2 Å². The Labute approximate surface area is 138 Å². The molecule has 0 fully saturated rings. The van der Waals surface area contributed by atoms with Gasteiger partial charge in [-0.2, -0.15) is 0 Å². The van der Waals surface area contributed by atoms with E-state index < -0.39 is 0 Å². The highest BCUT2D eigenvalue weighted by Gasteiger charge is 2.07. The van der Waals surface area contributed by atoms with Crippen molar-refractivity contribution in [3.05, 3.63) is 69.7 Å². The summed E-state index contributed by atoms with van der Waals surface area (Å²) in [6.07, 6.45) is 0. The van der Waals surface area contributed by atoms with Crippen LogP contribution in [-0.4, -0.2) is 24.9 Å². The second-order valence-corrected chi connectivity index (χ2v) is 5.81. The van der Waals surface area contributed by atoms with Crippen LogP contribution >= 0.6 is 15.9 Å². The number of aryl methyl sites for hydroxylation is 1. The third kappa shape index (κ3) is 4.70. The lowest BCUT2D eigenvalue weighted by Crippen LogP contribution is -2.34. The standard InChI is InChI=1S/C17H17BrN2O2/c1-12-4-2-5-13(10-12)16(21)19-8-9-20-17(22)14-6-3-7-15(18)11-14/h2-7,10-11H,8-9H2,1H3,(H,19,21)(H,20,22). The zero-order chi connectivity index (χ0) is 15.9. The molecule has 0 aliphatic heterocycles. The molecular formula is C17H17BrN2O2. The van der Waals surface area contributed by atoms with Crippen LogP contribution < -0.4 is 10.6 Å². The Kier molecular flexibility index (Phi) is 5.72. The predicted molar refractivity (Wildman–Crippen MR) is 90.0 cm³/mol. The Morgan fingerprint density at radius 3 is 2.00 bits per heavy atom. The van der Waals surface area contributed by atoms with Crippen LogP contribution in [-0.2, 0) is 0 Å². The molecule has 4 nitrogen and oxygen atoms in total. The number of hydrogen-bond acceptors (Lipinski definition) is 2. The number of carbonyl (C=O) groups is 2. The van der Waals surface area contributed by atoms with Gasteiger partial charge in [0.2, 0.25) is 0 Å². The molecule has 2 rings (SSSR count). The summed E-state index contributed by atoms with van der Waals surface area (Å²) in [6.45, 7) is 2.70. The van der Waals surface area contributed by atoms with Gasteiger partial charge in [-0.15, -0.1) is 0 Å². The highest BCUT2D eigenvalue weighted by atomic mass is 79.9. The fourth-order valence-electron chi connectivity index (χ4n) is 1.97. The Bertz CT molecular complexity index is 626. The number of benzene rings is 2. The normalized spacial score (nSPS) is 10.1. The second-order valence-electron chi connectivity index (χ2n) is 4.89. The quantitative estimate of drug-likeness (QED) is 0.805. The van der Waals surface area contributed by atoms with E-state index in [1.165, 1.54) is 0 Å². The first-order valence-corrected chi connectivity index (χ1v) is 7.74. The van der Waals surface area contributed by atoms with Gasteiger partial charge in [0.1, 0.15) is 0 Å². The minimum Gasteiger partial charge on any atom is -0.350 e. The molecule has 0 saturated carbocycles. The van der Waals surface area contributed by atoms with Gasteiger partial charge in [0, 0.05) is 28.7 Å². The zero-order valence-corrected chi connectivity index (χ0v) is 13.8. The summed E-state index contributed by atoms with van der Waals surface area (Å²) in [5, 5.41) is 5.55. The molecule has 2 amide bonds. The average molecular weight is 361 g/mol. The van der Waals surface area contributed by atoms with Gasteiger partial charge < -0.3 is 10.6 Å². The number of amides is 2. The van der Waals surface area contributed by atoms with Crippen LogP contribution in [0.25, 0.3) is 0 Å². The highest BCUT2D eigenvalue weighted by molar-refractivity contribution is 9.10. The van der Waals surface area contributed by atoms with Gasteiger partial charge in [0.05, 0.1) is 0 Å². The van der Waals surface area contributed by atoms with Crippen LogP contribution in [0, 0.1) is 6.92 Å². The van der Waals surface area contributed by atoms with Crippen molar-refractivity contribution in [3.8, 4) is 0 Å². The third-order valence-corrected chi connectivity index (χ3v) is 3.56. The van der Waals surface area contributed by atoms with Crippen LogP contribution in [0.3, 0.4) is 0 Å². The molecule has 0 radical (unpaired) electrons. The molecule has 0 unspecified atom stereocenters. The SMILES string of the molecule is Cc1cccc(C(=O)NCCNC(=O)c2cccc(Br)c2)c1. The summed E-state index contributed by atoms with van der Waals surface area (Å²) in [7, 11) is 0. The first-order chi connectivity index (χ1) is 10.6. The van der Waals surface area contributed by atoms with Gasteiger partial charge in [-0.25, -0.2) is 0 Å². The molecule has 114 valence electrons. The van der Waals surface area contributed by atoms with Crippen molar-refractivity contribution >= 4 is 27.7 Å². The molecule has 0 spiro atoms. The summed E-state index contributed by atoms with van der Waals surface area (Å²) in [5.74, 6) is -0.300. The molecule has 2 aromatic carbocycles. The molecule has 2 N–H and O–H groups in total. The maximum Gasteiger partial charge on any atom is 0.251 e. The van der Waals surface area contributed by atoms with Gasteiger partial charge in [-0.05, 0) is 37.3 Å². The van der Waals surface area contributed by atoms with Crippen molar-refractivity contribution in [2.45, 2.75) is 6.92 Å². The van der Waals surface area contributed by atoms with Gasteiger partial charge >= 0.3 is 0 Å². The predicted octanol–water partition coefficient (Wildman–Crippen LogP) is 2.92. The van der Waals surface area contributed by atoms with Crippen molar-refractivity contribution in [2.24, 2.45) is 0 Å². The van der Waals surface area contributed by atoms with Crippen LogP contribution in [0.15, 0.2) is 53.0 Å². The van der Waals surface area contributed by atoms with Crippen LogP contribution in [0.2, 0.25) is 0 Å². The Hall–Kier alpha value is -2.14. The minimum absolute atomic E-state index is 0.139. The smallest absolute Gasteiger partial charge is 0.251 e. The Balaban J connectivity index is 1.77. The van der Waals surface area contributed by atoms with E-state index in [9.17, 15) is 9.59 Å². The monoisotopic (exact) mass is 360 g/mol. The average Bonchev–Trinajstić information content (AvgIpc) is 2.51. The maximum atomic E-state index is 11.9. The van der Waals surface area contributed by atoms with Crippen molar-refractivity contribution in [2.75, 3.05) is 13.1 Å². The van der Waals surface area contributed by atoms with E-state index in [-0.39, 0.29) is 11.8 Å². The lowest BCUT2D eigenvalue weighted by molar-refractivity contribution is 0.0927. The van der Waals surface area contributed by atoms with Crippen molar-refractivity contribution in [1.82, 2.24) is 10.6 Å². The van der Waals surface area contributed by atoms with E-state index in [1.807, 2.05) is 31.2 Å². The number of nitrogens with one attached hydrogen (secondary N) is 2. The van der Waals surface area contributed by atoms with Crippen molar-refractivity contribution in [3.63, 3.8) is 0 Å². The number of rotatable bonds is 5. The fraction of sp³-hybridized carbons (Fsp3) is 0.176. The second kappa shape index (κ2) is 7.75. The molecule has 0 aliphatic rings. The van der Waals surface area contributed by atoms with E-state index in [0.29, 0.717) is 24.2 Å². The molecule has 0 aromatic heterocycles. The van der Waals surface area contributed by atoms with Crippen LogP contribution in [0.5, 0.6) is 0 Å². The first kappa shape index (κ1) is 16.2. The molecule has 0 bridgehead atoms.